The van der Waals surface area contributed by atoms with E-state index >= 15 is 0 Å². The Morgan fingerprint density at radius 2 is 2.12 bits per heavy atom. The Bertz CT molecular complexity index is 75.0. The molecule has 0 saturated carbocycles. The van der Waals surface area contributed by atoms with Crippen LogP contribution in [-0.2, 0) is 4.57 Å². The smallest absolute Gasteiger partial charge is 0.324 e. The van der Waals surface area contributed by atoms with Gasteiger partial charge in [-0.25, -0.2) is 0 Å². The number of hydrogen-bond donors (Lipinski definition) is 1. The lowest BCUT2D eigenvalue weighted by Gasteiger charge is -2.11. The standard InChI is InChI=1S/C5H11O2P/c1-5(2,6)3-4-8-7/h6H,3-4H2,1-2H3/p+1. The first-order valence-electron chi connectivity index (χ1n) is 2.63. The van der Waals surface area contributed by atoms with Crippen LogP contribution in [0.4, 0.5) is 0 Å². The minimum absolute atomic E-state index is 0.279. The van der Waals surface area contributed by atoms with E-state index in [0.29, 0.717) is 12.6 Å². The average Bonchev–Trinajstić information content (AvgIpc) is 1.59. The van der Waals surface area contributed by atoms with Crippen molar-refractivity contribution in [2.24, 2.45) is 0 Å². The van der Waals surface area contributed by atoms with E-state index in [4.69, 9.17) is 5.11 Å². The molecule has 0 heterocycles. The molecule has 3 heteroatoms. The molecule has 0 radical (unpaired) electrons. The van der Waals surface area contributed by atoms with Crippen molar-refractivity contribution in [3.63, 3.8) is 0 Å². The Balaban J connectivity index is 3.24. The lowest BCUT2D eigenvalue weighted by Crippen LogP contribution is -2.18. The highest BCUT2D eigenvalue weighted by Gasteiger charge is 2.13. The van der Waals surface area contributed by atoms with Crippen LogP contribution in [0.2, 0.25) is 0 Å². The first-order chi connectivity index (χ1) is 3.56. The summed E-state index contributed by atoms with van der Waals surface area (Å²) in [5.41, 5.74) is -0.641. The van der Waals surface area contributed by atoms with Crippen molar-refractivity contribution in [1.29, 1.82) is 0 Å². The predicted octanol–water partition coefficient (Wildman–Crippen LogP) is 1.17. The number of hydrogen-bond acceptors (Lipinski definition) is 2. The molecule has 1 unspecified atom stereocenters. The maximum Gasteiger partial charge on any atom is 0.324 e. The molecule has 1 atom stereocenters. The van der Waals surface area contributed by atoms with Gasteiger partial charge in [-0.2, -0.15) is 0 Å². The second-order valence-corrected chi connectivity index (χ2v) is 3.25. The van der Waals surface area contributed by atoms with E-state index in [-0.39, 0.29) is 8.46 Å². The van der Waals surface area contributed by atoms with Crippen molar-refractivity contribution in [2.75, 3.05) is 6.16 Å². The second-order valence-electron chi connectivity index (χ2n) is 2.46. The zero-order valence-electron chi connectivity index (χ0n) is 5.27. The van der Waals surface area contributed by atoms with Gasteiger partial charge in [0.1, 0.15) is 6.16 Å². The molecule has 0 saturated heterocycles. The molecular weight excluding hydrogens is 123 g/mol. The van der Waals surface area contributed by atoms with Crippen molar-refractivity contribution < 1.29 is 9.67 Å². The first-order valence-corrected chi connectivity index (χ1v) is 3.75. The van der Waals surface area contributed by atoms with E-state index in [1.54, 1.807) is 13.8 Å². The fraction of sp³-hybridized carbons (Fsp3) is 1.00. The quantitative estimate of drug-likeness (QED) is 0.590. The molecule has 0 aliphatic carbocycles. The van der Waals surface area contributed by atoms with Crippen LogP contribution in [0, 0.1) is 0 Å². The molecule has 0 rings (SSSR count). The molecular formula is C5H12O2P+. The molecule has 0 aromatic heterocycles. The average molecular weight is 135 g/mol. The molecule has 0 fully saturated rings. The van der Waals surface area contributed by atoms with Crippen molar-refractivity contribution in [2.45, 2.75) is 25.9 Å². The third kappa shape index (κ3) is 6.06. The van der Waals surface area contributed by atoms with Gasteiger partial charge in [-0.05, 0) is 13.8 Å². The molecule has 8 heavy (non-hydrogen) atoms. The van der Waals surface area contributed by atoms with Crippen LogP contribution >= 0.6 is 8.46 Å². The molecule has 2 nitrogen and oxygen atoms in total. The van der Waals surface area contributed by atoms with Crippen LogP contribution in [-0.4, -0.2) is 16.9 Å². The van der Waals surface area contributed by atoms with Crippen molar-refractivity contribution in [3.8, 4) is 0 Å². The third-order valence-electron chi connectivity index (χ3n) is 0.839. The largest absolute Gasteiger partial charge is 0.390 e. The van der Waals surface area contributed by atoms with Crippen LogP contribution in [0.15, 0.2) is 0 Å². The highest BCUT2D eigenvalue weighted by atomic mass is 31.1. The van der Waals surface area contributed by atoms with E-state index in [0.717, 1.165) is 0 Å². The van der Waals surface area contributed by atoms with Gasteiger partial charge >= 0.3 is 8.46 Å². The Morgan fingerprint density at radius 1 is 1.62 bits per heavy atom. The van der Waals surface area contributed by atoms with Gasteiger partial charge in [0.15, 0.2) is 0 Å². The Morgan fingerprint density at radius 3 is 2.25 bits per heavy atom. The van der Waals surface area contributed by atoms with E-state index in [9.17, 15) is 4.57 Å². The maximum absolute atomic E-state index is 9.89. The van der Waals surface area contributed by atoms with Crippen molar-refractivity contribution in [3.05, 3.63) is 0 Å². The fourth-order valence-corrected chi connectivity index (χ4v) is 1.07. The van der Waals surface area contributed by atoms with Gasteiger partial charge in [0, 0.05) is 6.42 Å². The summed E-state index contributed by atoms with van der Waals surface area (Å²) in [5, 5.41) is 9.01. The van der Waals surface area contributed by atoms with Crippen LogP contribution in [0.25, 0.3) is 0 Å². The molecule has 0 aliphatic heterocycles. The summed E-state index contributed by atoms with van der Waals surface area (Å²) in [7, 11) is -0.279. The Labute approximate surface area is 51.1 Å². The SMILES string of the molecule is CC(C)(O)CC[PH+]=O. The molecule has 48 valence electrons. The summed E-state index contributed by atoms with van der Waals surface area (Å²) in [6.45, 7) is 3.43. The van der Waals surface area contributed by atoms with E-state index in [2.05, 4.69) is 0 Å². The van der Waals surface area contributed by atoms with Crippen LogP contribution in [0.1, 0.15) is 20.3 Å². The van der Waals surface area contributed by atoms with Gasteiger partial charge in [0.05, 0.1) is 5.60 Å². The Hall–Kier alpha value is 0.0600. The van der Waals surface area contributed by atoms with Gasteiger partial charge in [-0.3, -0.25) is 0 Å². The summed E-state index contributed by atoms with van der Waals surface area (Å²) in [4.78, 5) is 0. The third-order valence-corrected chi connectivity index (χ3v) is 1.29. The summed E-state index contributed by atoms with van der Waals surface area (Å²) < 4.78 is 9.89. The molecule has 0 amide bonds. The zero-order valence-corrected chi connectivity index (χ0v) is 6.27. The minimum Gasteiger partial charge on any atom is -0.390 e. The normalized spacial score (nSPS) is 12.4. The highest BCUT2D eigenvalue weighted by molar-refractivity contribution is 7.23. The predicted molar refractivity (Wildman–Crippen MR) is 34.8 cm³/mol. The molecule has 0 aromatic carbocycles. The lowest BCUT2D eigenvalue weighted by molar-refractivity contribution is 0.0775. The summed E-state index contributed by atoms with van der Waals surface area (Å²) >= 11 is 0. The van der Waals surface area contributed by atoms with Gasteiger partial charge < -0.3 is 5.11 Å². The highest BCUT2D eigenvalue weighted by Crippen LogP contribution is 2.10. The van der Waals surface area contributed by atoms with Crippen molar-refractivity contribution in [1.82, 2.24) is 0 Å². The minimum atomic E-state index is -0.641. The van der Waals surface area contributed by atoms with Gasteiger partial charge in [-0.15, -0.1) is 0 Å². The second kappa shape index (κ2) is 3.16. The topological polar surface area (TPSA) is 37.3 Å². The van der Waals surface area contributed by atoms with E-state index in [1.165, 1.54) is 0 Å². The van der Waals surface area contributed by atoms with Crippen LogP contribution in [0.3, 0.4) is 0 Å². The lowest BCUT2D eigenvalue weighted by atomic mass is 10.1. The molecule has 0 spiro atoms. The van der Waals surface area contributed by atoms with Gasteiger partial charge in [-0.1, -0.05) is 4.57 Å². The van der Waals surface area contributed by atoms with Crippen LogP contribution < -0.4 is 0 Å². The number of aliphatic hydroxyl groups is 1. The van der Waals surface area contributed by atoms with Crippen LogP contribution in [0.5, 0.6) is 0 Å². The zero-order chi connectivity index (χ0) is 6.62. The molecule has 0 bridgehead atoms. The fourth-order valence-electron chi connectivity index (χ4n) is 0.357. The summed E-state index contributed by atoms with van der Waals surface area (Å²) in [6, 6.07) is 0. The van der Waals surface area contributed by atoms with E-state index in [1.807, 2.05) is 0 Å². The van der Waals surface area contributed by atoms with Gasteiger partial charge in [0.2, 0.25) is 0 Å². The number of rotatable bonds is 3. The molecule has 0 aromatic rings. The first kappa shape index (κ1) is 8.06. The summed E-state index contributed by atoms with van der Waals surface area (Å²) in [5.74, 6) is 0. The summed E-state index contributed by atoms with van der Waals surface area (Å²) in [6.07, 6.45) is 1.22. The van der Waals surface area contributed by atoms with E-state index < -0.39 is 5.60 Å². The molecule has 1 N–H and O–H groups in total. The molecule has 0 aliphatic rings. The van der Waals surface area contributed by atoms with Gasteiger partial charge in [0.25, 0.3) is 0 Å². The Kier molecular flexibility index (Phi) is 3.18. The maximum atomic E-state index is 9.89. The monoisotopic (exact) mass is 135 g/mol. The van der Waals surface area contributed by atoms with Crippen molar-refractivity contribution >= 4 is 8.46 Å².